The van der Waals surface area contributed by atoms with Crippen molar-refractivity contribution in [1.29, 1.82) is 0 Å². The SMILES string of the molecule is CCNCc1cc(C)ccc1Oc1cc(Br)cc(F)c1F. The minimum absolute atomic E-state index is 0.136. The third-order valence-electron chi connectivity index (χ3n) is 2.96. The number of rotatable bonds is 5. The van der Waals surface area contributed by atoms with E-state index in [4.69, 9.17) is 4.74 Å². The molecule has 5 heteroatoms. The van der Waals surface area contributed by atoms with Crippen LogP contribution >= 0.6 is 15.9 Å². The van der Waals surface area contributed by atoms with E-state index in [0.29, 0.717) is 16.8 Å². The van der Waals surface area contributed by atoms with Crippen molar-refractivity contribution in [2.45, 2.75) is 20.4 Å². The molecule has 2 nitrogen and oxygen atoms in total. The van der Waals surface area contributed by atoms with Gasteiger partial charge in [0.25, 0.3) is 0 Å². The van der Waals surface area contributed by atoms with Crippen LogP contribution in [0.4, 0.5) is 8.78 Å². The Kier molecular flexibility index (Phi) is 5.31. The zero-order valence-corrected chi connectivity index (χ0v) is 13.4. The van der Waals surface area contributed by atoms with E-state index < -0.39 is 11.6 Å². The highest BCUT2D eigenvalue weighted by molar-refractivity contribution is 9.10. The van der Waals surface area contributed by atoms with Crippen LogP contribution < -0.4 is 10.1 Å². The first-order valence-electron chi connectivity index (χ1n) is 6.64. The third kappa shape index (κ3) is 4.02. The van der Waals surface area contributed by atoms with E-state index in [-0.39, 0.29) is 5.75 Å². The Balaban J connectivity index is 2.35. The first-order valence-corrected chi connectivity index (χ1v) is 7.43. The Morgan fingerprint density at radius 2 is 1.90 bits per heavy atom. The molecular formula is C16H16BrF2NO. The molecule has 2 aromatic rings. The molecular weight excluding hydrogens is 340 g/mol. The summed E-state index contributed by atoms with van der Waals surface area (Å²) >= 11 is 3.13. The normalized spacial score (nSPS) is 10.7. The maximum atomic E-state index is 13.8. The average molecular weight is 356 g/mol. The smallest absolute Gasteiger partial charge is 0.201 e. The van der Waals surface area contributed by atoms with Gasteiger partial charge in [0.2, 0.25) is 5.82 Å². The molecule has 2 aromatic carbocycles. The second-order valence-corrected chi connectivity index (χ2v) is 5.61. The summed E-state index contributed by atoms with van der Waals surface area (Å²) in [5, 5.41) is 3.20. The quantitative estimate of drug-likeness (QED) is 0.767. The molecule has 0 amide bonds. The Bertz CT molecular complexity index is 646. The summed E-state index contributed by atoms with van der Waals surface area (Å²) in [6, 6.07) is 8.08. The topological polar surface area (TPSA) is 21.3 Å². The molecule has 0 atom stereocenters. The minimum Gasteiger partial charge on any atom is -0.454 e. The van der Waals surface area contributed by atoms with Crippen molar-refractivity contribution in [3.63, 3.8) is 0 Å². The van der Waals surface area contributed by atoms with Crippen LogP contribution in [0.3, 0.4) is 0 Å². The highest BCUT2D eigenvalue weighted by Crippen LogP contribution is 2.31. The fraction of sp³-hybridized carbons (Fsp3) is 0.250. The van der Waals surface area contributed by atoms with Crippen molar-refractivity contribution in [2.24, 2.45) is 0 Å². The van der Waals surface area contributed by atoms with Crippen LogP contribution in [-0.4, -0.2) is 6.54 Å². The molecule has 21 heavy (non-hydrogen) atoms. The number of aryl methyl sites for hydroxylation is 1. The van der Waals surface area contributed by atoms with Gasteiger partial charge in [-0.1, -0.05) is 40.5 Å². The van der Waals surface area contributed by atoms with Crippen LogP contribution in [0, 0.1) is 18.6 Å². The third-order valence-corrected chi connectivity index (χ3v) is 3.42. The molecule has 0 fully saturated rings. The first kappa shape index (κ1) is 15.9. The Hall–Kier alpha value is -1.46. The molecule has 0 aliphatic carbocycles. The van der Waals surface area contributed by atoms with Crippen LogP contribution in [0.15, 0.2) is 34.8 Å². The highest BCUT2D eigenvalue weighted by atomic mass is 79.9. The lowest BCUT2D eigenvalue weighted by Crippen LogP contribution is -2.12. The average Bonchev–Trinajstić information content (AvgIpc) is 2.44. The van der Waals surface area contributed by atoms with E-state index >= 15 is 0 Å². The van der Waals surface area contributed by atoms with Crippen molar-refractivity contribution in [2.75, 3.05) is 6.54 Å². The zero-order chi connectivity index (χ0) is 15.4. The van der Waals surface area contributed by atoms with Gasteiger partial charge in [0.1, 0.15) is 5.75 Å². The lowest BCUT2D eigenvalue weighted by molar-refractivity contribution is 0.411. The number of halogens is 3. The number of benzene rings is 2. The molecule has 112 valence electrons. The van der Waals surface area contributed by atoms with Gasteiger partial charge in [0, 0.05) is 16.6 Å². The highest BCUT2D eigenvalue weighted by Gasteiger charge is 2.14. The zero-order valence-electron chi connectivity index (χ0n) is 11.8. The van der Waals surface area contributed by atoms with Crippen LogP contribution in [0.2, 0.25) is 0 Å². The predicted octanol–water partition coefficient (Wildman–Crippen LogP) is 4.94. The van der Waals surface area contributed by atoms with E-state index in [2.05, 4.69) is 21.2 Å². The maximum absolute atomic E-state index is 13.8. The van der Waals surface area contributed by atoms with E-state index in [9.17, 15) is 8.78 Å². The van der Waals surface area contributed by atoms with E-state index in [1.54, 1.807) is 6.07 Å². The van der Waals surface area contributed by atoms with Crippen molar-refractivity contribution in [1.82, 2.24) is 5.32 Å². The fourth-order valence-electron chi connectivity index (χ4n) is 1.93. The van der Waals surface area contributed by atoms with Crippen molar-refractivity contribution >= 4 is 15.9 Å². The maximum Gasteiger partial charge on any atom is 0.201 e. The number of hydrogen-bond acceptors (Lipinski definition) is 2. The summed E-state index contributed by atoms with van der Waals surface area (Å²) in [4.78, 5) is 0. The van der Waals surface area contributed by atoms with Crippen molar-refractivity contribution in [3.8, 4) is 11.5 Å². The molecule has 0 saturated carbocycles. The van der Waals surface area contributed by atoms with Crippen LogP contribution in [0.25, 0.3) is 0 Å². The van der Waals surface area contributed by atoms with Crippen molar-refractivity contribution in [3.05, 3.63) is 57.6 Å². The number of hydrogen-bond donors (Lipinski definition) is 1. The Morgan fingerprint density at radius 3 is 2.62 bits per heavy atom. The van der Waals surface area contributed by atoms with E-state index in [1.165, 1.54) is 6.07 Å². The molecule has 2 rings (SSSR count). The van der Waals surface area contributed by atoms with Crippen LogP contribution in [-0.2, 0) is 6.54 Å². The summed E-state index contributed by atoms with van der Waals surface area (Å²) in [6.45, 7) is 5.39. The second kappa shape index (κ2) is 7.00. The standard InChI is InChI=1S/C16H16BrF2NO/c1-3-20-9-11-6-10(2)4-5-14(11)21-15-8-12(17)7-13(18)16(15)19/h4-8,20H,3,9H2,1-2H3. The lowest BCUT2D eigenvalue weighted by atomic mass is 10.1. The molecule has 0 radical (unpaired) electrons. The molecule has 1 N–H and O–H groups in total. The van der Waals surface area contributed by atoms with Gasteiger partial charge in [-0.25, -0.2) is 4.39 Å². The first-order chi connectivity index (χ1) is 10.0. The van der Waals surface area contributed by atoms with Crippen molar-refractivity contribution < 1.29 is 13.5 Å². The number of nitrogens with one attached hydrogen (secondary N) is 1. The van der Waals surface area contributed by atoms with Gasteiger partial charge in [-0.2, -0.15) is 4.39 Å². The molecule has 0 aromatic heterocycles. The van der Waals surface area contributed by atoms with Gasteiger partial charge in [0.05, 0.1) is 0 Å². The Labute approximate surface area is 131 Å². The molecule has 0 aliphatic rings. The van der Waals surface area contributed by atoms with E-state index in [0.717, 1.165) is 23.7 Å². The molecule has 0 saturated heterocycles. The number of ether oxygens (including phenoxy) is 1. The summed E-state index contributed by atoms with van der Waals surface area (Å²) in [5.74, 6) is -1.56. The summed E-state index contributed by atoms with van der Waals surface area (Å²) < 4.78 is 33.2. The monoisotopic (exact) mass is 355 g/mol. The van der Waals surface area contributed by atoms with Crippen LogP contribution in [0.1, 0.15) is 18.1 Å². The predicted molar refractivity (Wildman–Crippen MR) is 82.7 cm³/mol. The molecule has 0 aliphatic heterocycles. The summed E-state index contributed by atoms with van der Waals surface area (Å²) in [6.07, 6.45) is 0. The van der Waals surface area contributed by atoms with Gasteiger partial charge < -0.3 is 10.1 Å². The lowest BCUT2D eigenvalue weighted by Gasteiger charge is -2.13. The molecule has 0 heterocycles. The minimum atomic E-state index is -0.992. The van der Waals surface area contributed by atoms with Crippen LogP contribution in [0.5, 0.6) is 11.5 Å². The van der Waals surface area contributed by atoms with Gasteiger partial charge in [-0.05, 0) is 31.7 Å². The molecule has 0 spiro atoms. The fourth-order valence-corrected chi connectivity index (χ4v) is 2.34. The second-order valence-electron chi connectivity index (χ2n) is 4.69. The summed E-state index contributed by atoms with van der Waals surface area (Å²) in [5.41, 5.74) is 1.98. The van der Waals surface area contributed by atoms with Gasteiger partial charge in [-0.3, -0.25) is 0 Å². The van der Waals surface area contributed by atoms with Gasteiger partial charge in [-0.15, -0.1) is 0 Å². The van der Waals surface area contributed by atoms with E-state index in [1.807, 2.05) is 26.0 Å². The molecule has 0 unspecified atom stereocenters. The largest absolute Gasteiger partial charge is 0.454 e. The molecule has 0 bridgehead atoms. The van der Waals surface area contributed by atoms with Gasteiger partial charge >= 0.3 is 0 Å². The Morgan fingerprint density at radius 1 is 1.14 bits per heavy atom. The van der Waals surface area contributed by atoms with Gasteiger partial charge in [0.15, 0.2) is 11.6 Å². The summed E-state index contributed by atoms with van der Waals surface area (Å²) in [7, 11) is 0.